The Hall–Kier alpha value is -3.24. The van der Waals surface area contributed by atoms with E-state index in [4.69, 9.17) is 0 Å². The minimum atomic E-state index is -3.61. The molecule has 2 N–H and O–H groups in total. The van der Waals surface area contributed by atoms with Gasteiger partial charge in [-0.1, -0.05) is 36.4 Å². The van der Waals surface area contributed by atoms with E-state index in [-0.39, 0.29) is 41.2 Å². The summed E-state index contributed by atoms with van der Waals surface area (Å²) in [4.78, 5) is 42.2. The summed E-state index contributed by atoms with van der Waals surface area (Å²) in [6.07, 6.45) is 2.74. The van der Waals surface area contributed by atoms with Crippen LogP contribution in [0.25, 0.3) is 0 Å². The number of hydrogen-bond acceptors (Lipinski definition) is 5. The van der Waals surface area contributed by atoms with E-state index in [2.05, 4.69) is 10.0 Å². The van der Waals surface area contributed by atoms with Crippen molar-refractivity contribution in [2.75, 3.05) is 19.6 Å². The minimum Gasteiger partial charge on any atom is -0.345 e. The zero-order valence-electron chi connectivity index (χ0n) is 19.2. The van der Waals surface area contributed by atoms with Gasteiger partial charge >= 0.3 is 0 Å². The number of nitrogens with one attached hydrogen (secondary N) is 2. The molecule has 1 unspecified atom stereocenters. The summed E-state index contributed by atoms with van der Waals surface area (Å²) in [5.74, 6) is -0.707. The fourth-order valence-corrected chi connectivity index (χ4v) is 6.16. The second kappa shape index (κ2) is 9.43. The normalized spacial score (nSPS) is 20.6. The van der Waals surface area contributed by atoms with Crippen molar-refractivity contribution in [2.24, 2.45) is 0 Å². The third-order valence-electron chi connectivity index (χ3n) is 6.82. The van der Waals surface area contributed by atoms with Crippen LogP contribution < -0.4 is 10.0 Å². The van der Waals surface area contributed by atoms with E-state index in [1.807, 2.05) is 6.07 Å². The second-order valence-corrected chi connectivity index (χ2v) is 11.0. The van der Waals surface area contributed by atoms with Gasteiger partial charge in [0.05, 0.1) is 11.4 Å². The van der Waals surface area contributed by atoms with Gasteiger partial charge in [-0.25, -0.2) is 13.1 Å². The van der Waals surface area contributed by atoms with Gasteiger partial charge in [-0.15, -0.1) is 0 Å². The molecular weight excluding hydrogens is 468 g/mol. The minimum absolute atomic E-state index is 0.0695. The molecule has 1 aliphatic carbocycles. The van der Waals surface area contributed by atoms with Gasteiger partial charge in [0.25, 0.3) is 5.91 Å². The Bertz CT molecular complexity index is 1240. The molecule has 2 fully saturated rings. The Morgan fingerprint density at radius 1 is 0.914 bits per heavy atom. The maximum atomic E-state index is 13.1. The molecule has 0 spiro atoms. The summed E-state index contributed by atoms with van der Waals surface area (Å²) in [6, 6.07) is 14.4. The van der Waals surface area contributed by atoms with Crippen molar-refractivity contribution in [1.29, 1.82) is 0 Å². The van der Waals surface area contributed by atoms with Gasteiger partial charge in [0, 0.05) is 30.7 Å². The maximum absolute atomic E-state index is 13.1. The molecular formula is C25H28N4O5S. The van der Waals surface area contributed by atoms with Gasteiger partial charge in [-0.3, -0.25) is 14.4 Å². The van der Waals surface area contributed by atoms with Crippen LogP contribution in [0.5, 0.6) is 0 Å². The van der Waals surface area contributed by atoms with E-state index >= 15 is 0 Å². The predicted molar refractivity (Wildman–Crippen MR) is 128 cm³/mol. The van der Waals surface area contributed by atoms with Crippen LogP contribution in [0.4, 0.5) is 0 Å². The molecule has 10 heteroatoms. The lowest BCUT2D eigenvalue weighted by atomic mass is 10.0. The van der Waals surface area contributed by atoms with Crippen molar-refractivity contribution < 1.29 is 22.8 Å². The summed E-state index contributed by atoms with van der Waals surface area (Å²) >= 11 is 0. The molecule has 9 nitrogen and oxygen atoms in total. The third kappa shape index (κ3) is 4.81. The van der Waals surface area contributed by atoms with Crippen LogP contribution >= 0.6 is 0 Å². The van der Waals surface area contributed by atoms with E-state index < -0.39 is 16.1 Å². The molecule has 3 aliphatic rings. The molecule has 0 radical (unpaired) electrons. The number of likely N-dealkylation sites (tertiary alicyclic amines) is 1. The molecule has 1 saturated carbocycles. The van der Waals surface area contributed by atoms with Crippen molar-refractivity contribution in [3.8, 4) is 0 Å². The van der Waals surface area contributed by atoms with Crippen LogP contribution in [0, 0.1) is 0 Å². The number of piperidine rings is 1. The first kappa shape index (κ1) is 23.5. The quantitative estimate of drug-likeness (QED) is 0.602. The Kier molecular flexibility index (Phi) is 6.33. The number of nitrogens with zero attached hydrogens (tertiary/aromatic N) is 2. The highest BCUT2D eigenvalue weighted by atomic mass is 32.2. The molecule has 35 heavy (non-hydrogen) atoms. The summed E-state index contributed by atoms with van der Waals surface area (Å²) in [5.41, 5.74) is 1.23. The number of fused-ring (bicyclic) bond motifs is 1. The van der Waals surface area contributed by atoms with E-state index in [1.54, 1.807) is 58.3 Å². The molecule has 0 bridgehead atoms. The number of rotatable bonds is 7. The zero-order valence-corrected chi connectivity index (χ0v) is 20.0. The van der Waals surface area contributed by atoms with E-state index in [1.165, 1.54) is 0 Å². The fourth-order valence-electron chi connectivity index (χ4n) is 4.84. The van der Waals surface area contributed by atoms with Crippen LogP contribution in [-0.2, 0) is 19.6 Å². The van der Waals surface area contributed by atoms with Crippen molar-refractivity contribution in [3.05, 3.63) is 65.7 Å². The monoisotopic (exact) mass is 496 g/mol. The van der Waals surface area contributed by atoms with Crippen molar-refractivity contribution in [3.63, 3.8) is 0 Å². The first-order valence-corrected chi connectivity index (χ1v) is 13.4. The summed E-state index contributed by atoms with van der Waals surface area (Å²) in [6.45, 7) is 0.635. The molecule has 2 heterocycles. The zero-order chi connectivity index (χ0) is 24.6. The first-order valence-electron chi connectivity index (χ1n) is 11.9. The molecule has 2 aliphatic heterocycles. The summed E-state index contributed by atoms with van der Waals surface area (Å²) in [5, 5.41) is 2.73. The van der Waals surface area contributed by atoms with Crippen LogP contribution in [0.2, 0.25) is 0 Å². The number of hydrogen-bond donors (Lipinski definition) is 2. The molecule has 3 amide bonds. The molecule has 184 valence electrons. The smallest absolute Gasteiger partial charge is 0.255 e. The Morgan fingerprint density at radius 3 is 2.26 bits per heavy atom. The first-order chi connectivity index (χ1) is 16.8. The van der Waals surface area contributed by atoms with Crippen molar-refractivity contribution in [1.82, 2.24) is 19.8 Å². The predicted octanol–water partition coefficient (Wildman–Crippen LogP) is 1.43. The molecule has 2 aromatic rings. The van der Waals surface area contributed by atoms with Gasteiger partial charge in [0.2, 0.25) is 21.8 Å². The van der Waals surface area contributed by atoms with E-state index in [0.717, 1.165) is 12.8 Å². The molecule has 1 saturated heterocycles. The van der Waals surface area contributed by atoms with Gasteiger partial charge in [0.1, 0.15) is 6.04 Å². The highest BCUT2D eigenvalue weighted by Crippen LogP contribution is 2.41. The number of amides is 3. The van der Waals surface area contributed by atoms with Gasteiger partial charge in [0.15, 0.2) is 0 Å². The van der Waals surface area contributed by atoms with Gasteiger partial charge < -0.3 is 15.1 Å². The standard InChI is InChI=1S/C25H28N4O5S/c30-22(28-14-12-17(13-15-28)27-35(33,34)19-6-2-1-3-7-19)16-26-24(31)23-20-8-4-5-9-21(20)25(32)29(23)18-10-11-18/h1-9,17-18,23,27H,10-16H2,(H,26,31). The highest BCUT2D eigenvalue weighted by molar-refractivity contribution is 7.89. The Balaban J connectivity index is 1.14. The molecule has 0 aromatic heterocycles. The average molecular weight is 497 g/mol. The largest absolute Gasteiger partial charge is 0.345 e. The molecule has 5 rings (SSSR count). The third-order valence-corrected chi connectivity index (χ3v) is 8.36. The van der Waals surface area contributed by atoms with Gasteiger partial charge in [-0.05, 0) is 49.4 Å². The molecule has 2 aromatic carbocycles. The lowest BCUT2D eigenvalue weighted by Crippen LogP contribution is -2.49. The maximum Gasteiger partial charge on any atom is 0.255 e. The van der Waals surface area contributed by atoms with Crippen LogP contribution in [0.3, 0.4) is 0 Å². The average Bonchev–Trinajstić information content (AvgIpc) is 3.67. The van der Waals surface area contributed by atoms with Crippen LogP contribution in [0.15, 0.2) is 59.5 Å². The van der Waals surface area contributed by atoms with E-state index in [9.17, 15) is 22.8 Å². The summed E-state index contributed by atoms with van der Waals surface area (Å²) < 4.78 is 27.8. The lowest BCUT2D eigenvalue weighted by Gasteiger charge is -2.32. The number of carbonyl (C=O) groups excluding carboxylic acids is 3. The van der Waals surface area contributed by atoms with Crippen molar-refractivity contribution in [2.45, 2.75) is 48.7 Å². The SMILES string of the molecule is O=C(NCC(=O)N1CCC(NS(=O)(=O)c2ccccc2)CC1)C1c2ccccc2C(=O)N1C1CC1. The Labute approximate surface area is 204 Å². The summed E-state index contributed by atoms with van der Waals surface area (Å²) in [7, 11) is -3.61. The van der Waals surface area contributed by atoms with Crippen LogP contribution in [-0.4, -0.2) is 67.7 Å². The highest BCUT2D eigenvalue weighted by Gasteiger charge is 2.47. The lowest BCUT2D eigenvalue weighted by molar-refractivity contribution is -0.134. The van der Waals surface area contributed by atoms with E-state index in [0.29, 0.717) is 37.1 Å². The van der Waals surface area contributed by atoms with Gasteiger partial charge in [-0.2, -0.15) is 0 Å². The second-order valence-electron chi connectivity index (χ2n) is 9.24. The number of carbonyl (C=O) groups is 3. The molecule has 1 atom stereocenters. The topological polar surface area (TPSA) is 116 Å². The van der Waals surface area contributed by atoms with Crippen LogP contribution in [0.1, 0.15) is 47.6 Å². The Morgan fingerprint density at radius 2 is 1.57 bits per heavy atom. The fraction of sp³-hybridized carbons (Fsp3) is 0.400. The number of sulfonamides is 1. The van der Waals surface area contributed by atoms with Crippen molar-refractivity contribution >= 4 is 27.7 Å². The number of benzene rings is 2.